The maximum Gasteiger partial charge on any atom is 0.119 e. The summed E-state index contributed by atoms with van der Waals surface area (Å²) in [4.78, 5) is 0. The van der Waals surface area contributed by atoms with Crippen LogP contribution in [0.25, 0.3) is 0 Å². The standard InChI is InChI=1S/C17H26N2O/c1-12-5-4-6-13(2)19(12)18-17-10-8-14-7-9-15(20-3)11-16(14)17/h7,9,11-13,17-18H,4-6,8,10H2,1-3H3. The molecule has 1 aliphatic heterocycles. The highest BCUT2D eigenvalue weighted by molar-refractivity contribution is 5.40. The van der Waals surface area contributed by atoms with E-state index in [2.05, 4.69) is 42.5 Å². The van der Waals surface area contributed by atoms with Crippen molar-refractivity contribution in [2.75, 3.05) is 7.11 Å². The Hall–Kier alpha value is -1.06. The first-order valence-corrected chi connectivity index (χ1v) is 7.90. The Morgan fingerprint density at radius 3 is 2.60 bits per heavy atom. The number of methoxy groups -OCH3 is 1. The summed E-state index contributed by atoms with van der Waals surface area (Å²) in [5.41, 5.74) is 6.70. The van der Waals surface area contributed by atoms with Gasteiger partial charge < -0.3 is 4.74 Å². The Labute approximate surface area is 122 Å². The number of benzene rings is 1. The van der Waals surface area contributed by atoms with Gasteiger partial charge in [0.05, 0.1) is 7.11 Å². The summed E-state index contributed by atoms with van der Waals surface area (Å²) in [6, 6.07) is 8.22. The molecule has 2 aliphatic rings. The van der Waals surface area contributed by atoms with Gasteiger partial charge in [-0.1, -0.05) is 12.5 Å². The zero-order valence-corrected chi connectivity index (χ0v) is 12.9. The molecule has 3 rings (SSSR count). The van der Waals surface area contributed by atoms with Crippen molar-refractivity contribution in [2.45, 2.75) is 64.1 Å². The molecule has 0 aromatic heterocycles. The molecular weight excluding hydrogens is 248 g/mol. The van der Waals surface area contributed by atoms with E-state index in [0.29, 0.717) is 18.1 Å². The van der Waals surface area contributed by atoms with Gasteiger partial charge in [-0.05, 0) is 62.8 Å². The van der Waals surface area contributed by atoms with Crippen LogP contribution in [-0.4, -0.2) is 24.2 Å². The minimum atomic E-state index is 0.447. The molecule has 1 aromatic rings. The molecule has 1 fully saturated rings. The van der Waals surface area contributed by atoms with Crippen molar-refractivity contribution in [1.82, 2.24) is 10.4 Å². The highest BCUT2D eigenvalue weighted by Crippen LogP contribution is 2.35. The van der Waals surface area contributed by atoms with Gasteiger partial charge in [-0.15, -0.1) is 0 Å². The van der Waals surface area contributed by atoms with Gasteiger partial charge in [0, 0.05) is 18.1 Å². The highest BCUT2D eigenvalue weighted by Gasteiger charge is 2.30. The number of fused-ring (bicyclic) bond motifs is 1. The Balaban J connectivity index is 1.77. The second kappa shape index (κ2) is 5.74. The van der Waals surface area contributed by atoms with Crippen LogP contribution in [0, 0.1) is 0 Å². The van der Waals surface area contributed by atoms with Crippen LogP contribution in [0.4, 0.5) is 0 Å². The molecule has 0 amide bonds. The van der Waals surface area contributed by atoms with E-state index in [1.54, 1.807) is 7.11 Å². The topological polar surface area (TPSA) is 24.5 Å². The third-order valence-electron chi connectivity index (χ3n) is 4.93. The van der Waals surface area contributed by atoms with E-state index in [4.69, 9.17) is 4.74 Å². The van der Waals surface area contributed by atoms with Gasteiger partial charge in [0.25, 0.3) is 0 Å². The first kappa shape index (κ1) is 13.9. The molecule has 1 aromatic carbocycles. The maximum absolute atomic E-state index is 5.38. The number of nitrogens with zero attached hydrogens (tertiary/aromatic N) is 1. The summed E-state index contributed by atoms with van der Waals surface area (Å²) >= 11 is 0. The molecular formula is C17H26N2O. The van der Waals surface area contributed by atoms with Gasteiger partial charge >= 0.3 is 0 Å². The number of hydrogen-bond donors (Lipinski definition) is 1. The van der Waals surface area contributed by atoms with Crippen LogP contribution in [0.3, 0.4) is 0 Å². The summed E-state index contributed by atoms with van der Waals surface area (Å²) < 4.78 is 5.38. The van der Waals surface area contributed by atoms with Crippen molar-refractivity contribution in [1.29, 1.82) is 0 Å². The fourth-order valence-electron chi connectivity index (χ4n) is 3.70. The molecule has 0 spiro atoms. The molecule has 1 heterocycles. The lowest BCUT2D eigenvalue weighted by Crippen LogP contribution is -2.52. The van der Waals surface area contributed by atoms with Gasteiger partial charge in [0.1, 0.15) is 5.75 Å². The van der Waals surface area contributed by atoms with E-state index in [-0.39, 0.29) is 0 Å². The molecule has 3 unspecified atom stereocenters. The molecule has 1 saturated heterocycles. The van der Waals surface area contributed by atoms with E-state index in [1.165, 1.54) is 43.2 Å². The predicted octanol–water partition coefficient (Wildman–Crippen LogP) is 3.45. The fraction of sp³-hybridized carbons (Fsp3) is 0.647. The average Bonchev–Trinajstić information content (AvgIpc) is 2.85. The quantitative estimate of drug-likeness (QED) is 0.913. The molecule has 20 heavy (non-hydrogen) atoms. The second-order valence-electron chi connectivity index (χ2n) is 6.32. The predicted molar refractivity (Wildman–Crippen MR) is 81.8 cm³/mol. The van der Waals surface area contributed by atoms with Gasteiger partial charge in [0.15, 0.2) is 0 Å². The molecule has 3 heteroatoms. The molecule has 0 saturated carbocycles. The Morgan fingerprint density at radius 1 is 1.15 bits per heavy atom. The third kappa shape index (κ3) is 2.57. The van der Waals surface area contributed by atoms with E-state index in [9.17, 15) is 0 Å². The van der Waals surface area contributed by atoms with Gasteiger partial charge in [0.2, 0.25) is 0 Å². The monoisotopic (exact) mass is 274 g/mol. The smallest absolute Gasteiger partial charge is 0.119 e. The lowest BCUT2D eigenvalue weighted by molar-refractivity contribution is 0.0293. The summed E-state index contributed by atoms with van der Waals surface area (Å²) in [7, 11) is 1.74. The second-order valence-corrected chi connectivity index (χ2v) is 6.32. The number of ether oxygens (including phenoxy) is 1. The van der Waals surface area contributed by atoms with E-state index in [0.717, 1.165) is 5.75 Å². The Kier molecular flexibility index (Phi) is 3.99. The fourth-order valence-corrected chi connectivity index (χ4v) is 3.70. The van der Waals surface area contributed by atoms with Crippen LogP contribution in [0.5, 0.6) is 5.75 Å². The van der Waals surface area contributed by atoms with Crippen LogP contribution < -0.4 is 10.2 Å². The lowest BCUT2D eigenvalue weighted by atomic mass is 9.99. The SMILES string of the molecule is COc1ccc2c(c1)C(NN1C(C)CCCC1C)CC2. The van der Waals surface area contributed by atoms with Crippen molar-refractivity contribution < 1.29 is 4.74 Å². The first-order chi connectivity index (χ1) is 9.69. The number of piperidine rings is 1. The van der Waals surface area contributed by atoms with E-state index in [1.807, 2.05) is 0 Å². The molecule has 3 atom stereocenters. The van der Waals surface area contributed by atoms with Crippen LogP contribution in [0.15, 0.2) is 18.2 Å². The summed E-state index contributed by atoms with van der Waals surface area (Å²) in [5.74, 6) is 0.970. The van der Waals surface area contributed by atoms with Crippen molar-refractivity contribution in [3.05, 3.63) is 29.3 Å². The minimum absolute atomic E-state index is 0.447. The first-order valence-electron chi connectivity index (χ1n) is 7.90. The molecule has 0 bridgehead atoms. The third-order valence-corrected chi connectivity index (χ3v) is 4.93. The van der Waals surface area contributed by atoms with Crippen molar-refractivity contribution in [2.24, 2.45) is 0 Å². The van der Waals surface area contributed by atoms with Crippen molar-refractivity contribution in [3.8, 4) is 5.75 Å². The van der Waals surface area contributed by atoms with E-state index < -0.39 is 0 Å². The normalized spacial score (nSPS) is 30.2. The Bertz CT molecular complexity index is 464. The minimum Gasteiger partial charge on any atom is -0.497 e. The van der Waals surface area contributed by atoms with Crippen LogP contribution in [-0.2, 0) is 6.42 Å². The molecule has 1 N–H and O–H groups in total. The maximum atomic E-state index is 5.38. The summed E-state index contributed by atoms with van der Waals surface area (Å²) in [5, 5.41) is 2.49. The highest BCUT2D eigenvalue weighted by atomic mass is 16.5. The molecule has 110 valence electrons. The zero-order chi connectivity index (χ0) is 14.1. The summed E-state index contributed by atoms with van der Waals surface area (Å²) in [6.07, 6.45) is 6.33. The molecule has 3 nitrogen and oxygen atoms in total. The van der Waals surface area contributed by atoms with Crippen LogP contribution in [0.2, 0.25) is 0 Å². The van der Waals surface area contributed by atoms with Crippen molar-refractivity contribution in [3.63, 3.8) is 0 Å². The average molecular weight is 274 g/mol. The number of aryl methyl sites for hydroxylation is 1. The number of rotatable bonds is 3. The molecule has 0 radical (unpaired) electrons. The number of nitrogens with one attached hydrogen (secondary N) is 1. The lowest BCUT2D eigenvalue weighted by Gasteiger charge is -2.41. The van der Waals surface area contributed by atoms with Gasteiger partial charge in [-0.25, -0.2) is 10.4 Å². The summed E-state index contributed by atoms with van der Waals surface area (Å²) in [6.45, 7) is 4.67. The largest absolute Gasteiger partial charge is 0.497 e. The van der Waals surface area contributed by atoms with E-state index >= 15 is 0 Å². The Morgan fingerprint density at radius 2 is 1.90 bits per heavy atom. The number of hydrazine groups is 1. The molecule has 1 aliphatic carbocycles. The van der Waals surface area contributed by atoms with Crippen LogP contribution in [0.1, 0.15) is 56.7 Å². The van der Waals surface area contributed by atoms with Gasteiger partial charge in [-0.3, -0.25) is 0 Å². The van der Waals surface area contributed by atoms with Crippen LogP contribution >= 0.6 is 0 Å². The number of hydrogen-bond acceptors (Lipinski definition) is 3. The van der Waals surface area contributed by atoms with Gasteiger partial charge in [-0.2, -0.15) is 0 Å². The zero-order valence-electron chi connectivity index (χ0n) is 12.9. The van der Waals surface area contributed by atoms with Crippen molar-refractivity contribution >= 4 is 0 Å².